The molecule has 0 saturated carbocycles. The number of phenols is 2. The Morgan fingerprint density at radius 2 is 1.46 bits per heavy atom. The van der Waals surface area contributed by atoms with E-state index in [0.29, 0.717) is 25.6 Å². The molecule has 2 aromatic rings. The molecule has 0 bridgehead atoms. The van der Waals surface area contributed by atoms with Crippen LogP contribution in [0.3, 0.4) is 0 Å². The maximum absolute atomic E-state index is 12.2. The minimum absolute atomic E-state index is 0.102. The second-order valence-corrected chi connectivity index (χ2v) is 8.62. The SMILES string of the molecule is O=C(O)c1cccc([N+](=O)[O-])c1O.O=C(c1cccc([N+](=O)[O-])c1O)N1CCC[C@@H]1CO.OC[C@H]1CCCN1. The summed E-state index contributed by atoms with van der Waals surface area (Å²) < 4.78 is 0. The van der Waals surface area contributed by atoms with Gasteiger partial charge in [0.2, 0.25) is 11.5 Å². The lowest BCUT2D eigenvalue weighted by Crippen LogP contribution is -2.37. The summed E-state index contributed by atoms with van der Waals surface area (Å²) in [5, 5.41) is 69.2. The molecule has 4 rings (SSSR count). The molecule has 15 nitrogen and oxygen atoms in total. The summed E-state index contributed by atoms with van der Waals surface area (Å²) in [4.78, 5) is 43.5. The molecule has 0 spiro atoms. The van der Waals surface area contributed by atoms with E-state index in [0.717, 1.165) is 37.6 Å². The van der Waals surface area contributed by atoms with E-state index < -0.39 is 50.2 Å². The third-order valence-electron chi connectivity index (χ3n) is 6.12. The van der Waals surface area contributed by atoms with Gasteiger partial charge in [0.15, 0.2) is 0 Å². The summed E-state index contributed by atoms with van der Waals surface area (Å²) in [6.45, 7) is 1.72. The number of nitro benzene ring substituents is 2. The number of benzene rings is 2. The molecule has 15 heteroatoms. The van der Waals surface area contributed by atoms with Crippen molar-refractivity contribution in [2.75, 3.05) is 26.3 Å². The lowest BCUT2D eigenvalue weighted by molar-refractivity contribution is -0.386. The number of carboxylic acid groups (broad SMARTS) is 1. The zero-order valence-electron chi connectivity index (χ0n) is 20.8. The van der Waals surface area contributed by atoms with Crippen molar-refractivity contribution in [1.82, 2.24) is 10.2 Å². The third-order valence-corrected chi connectivity index (χ3v) is 6.12. The number of rotatable bonds is 6. The number of aliphatic hydroxyl groups is 2. The van der Waals surface area contributed by atoms with Crippen molar-refractivity contribution in [3.05, 3.63) is 67.8 Å². The van der Waals surface area contributed by atoms with E-state index in [1.807, 2.05) is 0 Å². The lowest BCUT2D eigenvalue weighted by Gasteiger charge is -2.23. The van der Waals surface area contributed by atoms with Gasteiger partial charge in [0, 0.05) is 24.7 Å². The number of aromatic carboxylic acids is 1. The number of nitrogens with zero attached hydrogens (tertiary/aromatic N) is 3. The highest BCUT2D eigenvalue weighted by molar-refractivity contribution is 5.98. The van der Waals surface area contributed by atoms with E-state index in [4.69, 9.17) is 15.3 Å². The Kier molecular flexibility index (Phi) is 11.5. The molecule has 1 amide bonds. The summed E-state index contributed by atoms with van der Waals surface area (Å²) in [7, 11) is 0. The standard InChI is InChI=1S/C12H14N2O5.C7H5NO5.C5H11NO/c15-7-8-3-2-6-13(8)12(17)9-4-1-5-10(11(9)16)14(18)19;9-6-4(7(10)11)2-1-3-5(6)8(12)13;7-4-5-2-1-3-6-5/h1,4-5,8,15-16H,2-3,6-7H2;1-3,9H,(H,10,11);5-7H,1-4H2/t8-;;5-/m1.1/s1. The quantitative estimate of drug-likeness (QED) is 0.222. The fraction of sp³-hybridized carbons (Fsp3) is 0.417. The zero-order valence-corrected chi connectivity index (χ0v) is 20.8. The van der Waals surface area contributed by atoms with E-state index >= 15 is 0 Å². The molecule has 0 radical (unpaired) electrons. The first kappa shape index (κ1) is 30.9. The molecule has 2 saturated heterocycles. The molecule has 2 fully saturated rings. The van der Waals surface area contributed by atoms with Gasteiger partial charge in [-0.3, -0.25) is 25.0 Å². The molecule has 2 atom stereocenters. The maximum atomic E-state index is 12.2. The number of hydrogen-bond donors (Lipinski definition) is 6. The molecule has 2 aliphatic rings. The number of carbonyl (C=O) groups is 2. The first-order chi connectivity index (χ1) is 18.5. The van der Waals surface area contributed by atoms with Gasteiger partial charge in [0.25, 0.3) is 5.91 Å². The van der Waals surface area contributed by atoms with Crippen molar-refractivity contribution in [2.24, 2.45) is 0 Å². The summed E-state index contributed by atoms with van der Waals surface area (Å²) in [5.74, 6) is -3.33. The van der Waals surface area contributed by atoms with Crippen LogP contribution in [0.15, 0.2) is 36.4 Å². The van der Waals surface area contributed by atoms with Gasteiger partial charge in [0.1, 0.15) is 5.56 Å². The Labute approximate surface area is 222 Å². The number of likely N-dealkylation sites (tertiary alicyclic amines) is 1. The molecular formula is C24H30N4O11. The number of para-hydroxylation sites is 2. The van der Waals surface area contributed by atoms with Crippen molar-refractivity contribution in [2.45, 2.75) is 37.8 Å². The first-order valence-electron chi connectivity index (χ1n) is 12.0. The minimum Gasteiger partial charge on any atom is -0.502 e. The van der Waals surface area contributed by atoms with Crippen LogP contribution in [-0.4, -0.2) is 90.5 Å². The molecule has 6 N–H and O–H groups in total. The van der Waals surface area contributed by atoms with Gasteiger partial charge in [-0.1, -0.05) is 12.1 Å². The average Bonchev–Trinajstić information content (AvgIpc) is 3.61. The third kappa shape index (κ3) is 8.07. The van der Waals surface area contributed by atoms with E-state index in [2.05, 4.69) is 5.32 Å². The van der Waals surface area contributed by atoms with Crippen LogP contribution in [0.1, 0.15) is 46.4 Å². The maximum Gasteiger partial charge on any atom is 0.339 e. The highest BCUT2D eigenvalue weighted by Gasteiger charge is 2.32. The van der Waals surface area contributed by atoms with Gasteiger partial charge < -0.3 is 35.7 Å². The van der Waals surface area contributed by atoms with Gasteiger partial charge in [-0.15, -0.1) is 0 Å². The first-order valence-corrected chi connectivity index (χ1v) is 12.0. The van der Waals surface area contributed by atoms with Crippen LogP contribution < -0.4 is 5.32 Å². The molecule has 39 heavy (non-hydrogen) atoms. The van der Waals surface area contributed by atoms with Crippen molar-refractivity contribution < 1.29 is 45.0 Å². The molecule has 0 unspecified atom stereocenters. The summed E-state index contributed by atoms with van der Waals surface area (Å²) in [6, 6.07) is 7.27. The molecule has 0 aliphatic carbocycles. The zero-order chi connectivity index (χ0) is 29.1. The van der Waals surface area contributed by atoms with Gasteiger partial charge in [-0.2, -0.15) is 0 Å². The van der Waals surface area contributed by atoms with Crippen molar-refractivity contribution in [3.63, 3.8) is 0 Å². The minimum atomic E-state index is -1.40. The number of carbonyl (C=O) groups excluding carboxylic acids is 1. The Morgan fingerprint density at radius 3 is 1.90 bits per heavy atom. The van der Waals surface area contributed by atoms with Gasteiger partial charge in [-0.25, -0.2) is 4.79 Å². The fourth-order valence-corrected chi connectivity index (χ4v) is 4.06. The van der Waals surface area contributed by atoms with Gasteiger partial charge in [0.05, 0.1) is 34.7 Å². The van der Waals surface area contributed by atoms with Crippen LogP contribution >= 0.6 is 0 Å². The summed E-state index contributed by atoms with van der Waals surface area (Å²) in [6.07, 6.45) is 3.84. The van der Waals surface area contributed by atoms with Gasteiger partial charge >= 0.3 is 17.3 Å². The Bertz CT molecular complexity index is 1150. The molecule has 0 aromatic heterocycles. The summed E-state index contributed by atoms with van der Waals surface area (Å²) in [5.41, 5.74) is -1.69. The Balaban J connectivity index is 0.000000229. The van der Waals surface area contributed by atoms with Crippen LogP contribution in [0.4, 0.5) is 11.4 Å². The highest BCUT2D eigenvalue weighted by Crippen LogP contribution is 2.32. The number of carboxylic acids is 1. The van der Waals surface area contributed by atoms with Crippen LogP contribution in [0, 0.1) is 20.2 Å². The van der Waals surface area contributed by atoms with E-state index in [1.165, 1.54) is 29.5 Å². The number of aliphatic hydroxyl groups excluding tert-OH is 2. The van der Waals surface area contributed by atoms with E-state index in [1.54, 1.807) is 0 Å². The number of nitro groups is 2. The second kappa shape index (κ2) is 14.6. The fourth-order valence-electron chi connectivity index (χ4n) is 4.06. The lowest BCUT2D eigenvalue weighted by atomic mass is 10.1. The van der Waals surface area contributed by atoms with Crippen molar-refractivity contribution in [1.29, 1.82) is 0 Å². The predicted octanol–water partition coefficient (Wildman–Crippen LogP) is 1.63. The summed E-state index contributed by atoms with van der Waals surface area (Å²) >= 11 is 0. The monoisotopic (exact) mass is 550 g/mol. The second-order valence-electron chi connectivity index (χ2n) is 8.62. The van der Waals surface area contributed by atoms with Crippen LogP contribution in [0.25, 0.3) is 0 Å². The van der Waals surface area contributed by atoms with Crippen LogP contribution in [-0.2, 0) is 0 Å². The Hall–Kier alpha value is -4.34. The molecule has 2 aliphatic heterocycles. The predicted molar refractivity (Wildman–Crippen MR) is 136 cm³/mol. The number of phenolic OH excluding ortho intramolecular Hbond substituents is 1. The highest BCUT2D eigenvalue weighted by atomic mass is 16.6. The van der Waals surface area contributed by atoms with E-state index in [-0.39, 0.29) is 18.2 Å². The van der Waals surface area contributed by atoms with Crippen LogP contribution in [0.2, 0.25) is 0 Å². The Morgan fingerprint density at radius 1 is 0.897 bits per heavy atom. The number of hydrogen-bond acceptors (Lipinski definition) is 11. The molecule has 2 aromatic carbocycles. The number of amides is 1. The van der Waals surface area contributed by atoms with Crippen LogP contribution in [0.5, 0.6) is 11.5 Å². The average molecular weight is 551 g/mol. The molecular weight excluding hydrogens is 520 g/mol. The number of aromatic hydroxyl groups is 2. The molecule has 212 valence electrons. The smallest absolute Gasteiger partial charge is 0.339 e. The largest absolute Gasteiger partial charge is 0.502 e. The van der Waals surface area contributed by atoms with Crippen molar-refractivity contribution in [3.8, 4) is 11.5 Å². The number of nitrogens with one attached hydrogen (secondary N) is 1. The molecule has 2 heterocycles. The van der Waals surface area contributed by atoms with Gasteiger partial charge in [-0.05, 0) is 44.4 Å². The normalized spacial score (nSPS) is 17.8. The van der Waals surface area contributed by atoms with E-state index in [9.17, 15) is 40.0 Å². The topological polar surface area (TPSA) is 237 Å². The van der Waals surface area contributed by atoms with Crippen molar-refractivity contribution >= 4 is 23.3 Å².